The van der Waals surface area contributed by atoms with E-state index in [-0.39, 0.29) is 6.42 Å². The van der Waals surface area contributed by atoms with E-state index >= 15 is 0 Å². The molecule has 0 amide bonds. The minimum absolute atomic E-state index is 0.246. The molecule has 16 heavy (non-hydrogen) atoms. The summed E-state index contributed by atoms with van der Waals surface area (Å²) in [7, 11) is 0. The van der Waals surface area contributed by atoms with Crippen LogP contribution in [0.2, 0.25) is 0 Å². The molecule has 0 aliphatic carbocycles. The van der Waals surface area contributed by atoms with Crippen molar-refractivity contribution in [1.29, 1.82) is 0 Å². The summed E-state index contributed by atoms with van der Waals surface area (Å²) in [6, 6.07) is 8.27. The van der Waals surface area contributed by atoms with E-state index < -0.39 is 5.97 Å². The van der Waals surface area contributed by atoms with Crippen LogP contribution in [0.15, 0.2) is 24.3 Å². The van der Waals surface area contributed by atoms with Gasteiger partial charge in [0.15, 0.2) is 0 Å². The first-order chi connectivity index (χ1) is 7.77. The molecule has 1 aliphatic rings. The number of benzene rings is 1. The lowest BCUT2D eigenvalue weighted by atomic mass is 9.90. The monoisotopic (exact) mass is 220 g/mol. The number of hydrogen-bond acceptors (Lipinski definition) is 2. The molecule has 2 rings (SSSR count). The Kier molecular flexibility index (Phi) is 3.57. The molecule has 0 aromatic heterocycles. The second kappa shape index (κ2) is 5.12. The Bertz CT molecular complexity index is 369. The molecular weight excluding hydrogens is 204 g/mol. The van der Waals surface area contributed by atoms with Gasteiger partial charge < -0.3 is 9.84 Å². The minimum Gasteiger partial charge on any atom is -0.481 e. The van der Waals surface area contributed by atoms with Crippen LogP contribution in [0.4, 0.5) is 0 Å². The maximum atomic E-state index is 10.5. The van der Waals surface area contributed by atoms with Crippen LogP contribution in [0.25, 0.3) is 0 Å². The van der Waals surface area contributed by atoms with Crippen LogP contribution in [-0.4, -0.2) is 24.3 Å². The second-order valence-corrected chi connectivity index (χ2v) is 4.18. The van der Waals surface area contributed by atoms with Crippen molar-refractivity contribution >= 4 is 5.97 Å². The zero-order valence-corrected chi connectivity index (χ0v) is 9.19. The molecule has 1 aliphatic heterocycles. The largest absolute Gasteiger partial charge is 0.481 e. The lowest BCUT2D eigenvalue weighted by molar-refractivity contribution is -0.137. The van der Waals surface area contributed by atoms with Crippen LogP contribution in [0.3, 0.4) is 0 Å². The van der Waals surface area contributed by atoms with E-state index in [4.69, 9.17) is 9.84 Å². The van der Waals surface area contributed by atoms with Gasteiger partial charge in [-0.05, 0) is 24.0 Å². The van der Waals surface area contributed by atoms with Gasteiger partial charge in [-0.2, -0.15) is 0 Å². The Labute approximate surface area is 95.0 Å². The predicted molar refractivity (Wildman–Crippen MR) is 60.6 cm³/mol. The van der Waals surface area contributed by atoms with Gasteiger partial charge in [-0.25, -0.2) is 0 Å². The molecule has 1 saturated heterocycles. The number of carboxylic acid groups (broad SMARTS) is 1. The number of aryl methyl sites for hydroxylation is 1. The number of carboxylic acids is 1. The van der Waals surface area contributed by atoms with Gasteiger partial charge in [-0.3, -0.25) is 4.79 Å². The number of carbonyl (C=O) groups is 1. The Balaban J connectivity index is 1.98. The Morgan fingerprint density at radius 2 is 2.12 bits per heavy atom. The third-order valence-corrected chi connectivity index (χ3v) is 2.97. The van der Waals surface area contributed by atoms with Crippen LogP contribution >= 0.6 is 0 Å². The molecule has 1 heterocycles. The summed E-state index contributed by atoms with van der Waals surface area (Å²) < 4.78 is 5.19. The maximum Gasteiger partial charge on any atom is 0.303 e. The van der Waals surface area contributed by atoms with Crippen LogP contribution < -0.4 is 0 Å². The van der Waals surface area contributed by atoms with E-state index in [1.54, 1.807) is 0 Å². The average Bonchev–Trinajstić information content (AvgIpc) is 2.17. The fraction of sp³-hybridized carbons (Fsp3) is 0.462. The Hall–Kier alpha value is -1.35. The molecule has 0 atom stereocenters. The number of rotatable bonds is 5. The highest BCUT2D eigenvalue weighted by Gasteiger charge is 2.22. The third kappa shape index (κ3) is 2.61. The van der Waals surface area contributed by atoms with Gasteiger partial charge in [0.25, 0.3) is 0 Å². The standard InChI is InChI=1S/C13H16O3/c14-13(15)7-3-5-10-4-1-2-6-12(10)11-8-16-9-11/h1-2,4,6,11H,3,5,7-9H2,(H,14,15). The summed E-state index contributed by atoms with van der Waals surface area (Å²) in [5.41, 5.74) is 2.61. The summed E-state index contributed by atoms with van der Waals surface area (Å²) >= 11 is 0. The molecule has 0 spiro atoms. The van der Waals surface area contributed by atoms with Gasteiger partial charge in [0, 0.05) is 12.3 Å². The molecule has 1 aromatic rings. The van der Waals surface area contributed by atoms with Crippen LogP contribution in [0.5, 0.6) is 0 Å². The normalized spacial score (nSPS) is 15.8. The van der Waals surface area contributed by atoms with Crippen LogP contribution in [-0.2, 0) is 16.0 Å². The minimum atomic E-state index is -0.718. The summed E-state index contributed by atoms with van der Waals surface area (Å²) in [6.45, 7) is 1.60. The fourth-order valence-electron chi connectivity index (χ4n) is 2.01. The topological polar surface area (TPSA) is 46.5 Å². The van der Waals surface area contributed by atoms with Crippen molar-refractivity contribution in [2.45, 2.75) is 25.2 Å². The quantitative estimate of drug-likeness (QED) is 0.827. The van der Waals surface area contributed by atoms with Crippen molar-refractivity contribution in [1.82, 2.24) is 0 Å². The summed E-state index contributed by atoms with van der Waals surface area (Å²) in [6.07, 6.45) is 1.80. The van der Waals surface area contributed by atoms with Crippen molar-refractivity contribution in [3.63, 3.8) is 0 Å². The number of ether oxygens (including phenoxy) is 1. The van der Waals surface area contributed by atoms with Crippen LogP contribution in [0, 0.1) is 0 Å². The van der Waals surface area contributed by atoms with Gasteiger partial charge in [-0.15, -0.1) is 0 Å². The Morgan fingerprint density at radius 1 is 1.38 bits per heavy atom. The van der Waals surface area contributed by atoms with Crippen molar-refractivity contribution in [3.05, 3.63) is 35.4 Å². The molecular formula is C13H16O3. The first kappa shape index (κ1) is 11.1. The highest BCUT2D eigenvalue weighted by atomic mass is 16.5. The second-order valence-electron chi connectivity index (χ2n) is 4.18. The maximum absolute atomic E-state index is 10.5. The first-order valence-corrected chi connectivity index (χ1v) is 5.64. The fourth-order valence-corrected chi connectivity index (χ4v) is 2.01. The van der Waals surface area contributed by atoms with Crippen molar-refractivity contribution in [3.8, 4) is 0 Å². The highest BCUT2D eigenvalue weighted by Crippen LogP contribution is 2.27. The van der Waals surface area contributed by atoms with Gasteiger partial charge in [0.1, 0.15) is 0 Å². The smallest absolute Gasteiger partial charge is 0.303 e. The highest BCUT2D eigenvalue weighted by molar-refractivity contribution is 5.66. The molecule has 1 fully saturated rings. The molecule has 0 bridgehead atoms. The molecule has 3 heteroatoms. The predicted octanol–water partition coefficient (Wildman–Crippen LogP) is 2.21. The van der Waals surface area contributed by atoms with Gasteiger partial charge in [-0.1, -0.05) is 24.3 Å². The van der Waals surface area contributed by atoms with Gasteiger partial charge >= 0.3 is 5.97 Å². The first-order valence-electron chi connectivity index (χ1n) is 5.64. The third-order valence-electron chi connectivity index (χ3n) is 2.97. The van der Waals surface area contributed by atoms with E-state index in [0.29, 0.717) is 12.3 Å². The Morgan fingerprint density at radius 3 is 2.75 bits per heavy atom. The molecule has 0 unspecified atom stereocenters. The lowest BCUT2D eigenvalue weighted by Gasteiger charge is -2.28. The average molecular weight is 220 g/mol. The van der Waals surface area contributed by atoms with Gasteiger partial charge in [0.2, 0.25) is 0 Å². The lowest BCUT2D eigenvalue weighted by Crippen LogP contribution is -2.26. The molecule has 3 nitrogen and oxygen atoms in total. The molecule has 0 saturated carbocycles. The van der Waals surface area contributed by atoms with Crippen molar-refractivity contribution < 1.29 is 14.6 Å². The number of aliphatic carboxylic acids is 1. The van der Waals surface area contributed by atoms with Crippen molar-refractivity contribution in [2.75, 3.05) is 13.2 Å². The van der Waals surface area contributed by atoms with E-state index in [0.717, 1.165) is 19.6 Å². The van der Waals surface area contributed by atoms with E-state index in [2.05, 4.69) is 12.1 Å². The van der Waals surface area contributed by atoms with Crippen molar-refractivity contribution in [2.24, 2.45) is 0 Å². The zero-order valence-electron chi connectivity index (χ0n) is 9.19. The zero-order chi connectivity index (χ0) is 11.4. The molecule has 1 N–H and O–H groups in total. The van der Waals surface area contributed by atoms with E-state index in [1.807, 2.05) is 12.1 Å². The molecule has 86 valence electrons. The van der Waals surface area contributed by atoms with Gasteiger partial charge in [0.05, 0.1) is 13.2 Å². The number of hydrogen-bond donors (Lipinski definition) is 1. The van der Waals surface area contributed by atoms with E-state index in [9.17, 15) is 4.79 Å². The summed E-state index contributed by atoms with van der Waals surface area (Å²) in [5.74, 6) is -0.203. The summed E-state index contributed by atoms with van der Waals surface area (Å²) in [4.78, 5) is 10.5. The molecule has 0 radical (unpaired) electrons. The van der Waals surface area contributed by atoms with Crippen LogP contribution in [0.1, 0.15) is 29.9 Å². The molecule has 1 aromatic carbocycles. The van der Waals surface area contributed by atoms with E-state index in [1.165, 1.54) is 11.1 Å². The summed E-state index contributed by atoms with van der Waals surface area (Å²) in [5, 5.41) is 8.61. The SMILES string of the molecule is O=C(O)CCCc1ccccc1C1COC1.